The fourth-order valence-corrected chi connectivity index (χ4v) is 1.66. The summed E-state index contributed by atoms with van der Waals surface area (Å²) in [4.78, 5) is 0. The molecule has 0 aromatic heterocycles. The van der Waals surface area contributed by atoms with Crippen molar-refractivity contribution in [2.75, 3.05) is 0 Å². The maximum Gasteiger partial charge on any atom is 0.0746 e. The molecule has 0 bridgehead atoms. The van der Waals surface area contributed by atoms with Gasteiger partial charge in [-0.25, -0.2) is 0 Å². The summed E-state index contributed by atoms with van der Waals surface area (Å²) >= 11 is 0. The molecule has 0 N–H and O–H groups in total. The zero-order chi connectivity index (χ0) is 11.5. The lowest BCUT2D eigenvalue weighted by molar-refractivity contribution is 0.245. The van der Waals surface area contributed by atoms with Crippen molar-refractivity contribution in [1.29, 1.82) is 0 Å². The van der Waals surface area contributed by atoms with Crippen molar-refractivity contribution in [2.24, 2.45) is 5.41 Å². The average molecular weight is 202 g/mol. The van der Waals surface area contributed by atoms with E-state index in [0.717, 1.165) is 0 Å². The van der Waals surface area contributed by atoms with Crippen molar-refractivity contribution in [1.82, 2.24) is 0 Å². The van der Waals surface area contributed by atoms with Crippen LogP contribution in [0.2, 0.25) is 5.31 Å². The van der Waals surface area contributed by atoms with Gasteiger partial charge in [-0.15, -0.1) is 0 Å². The molecule has 1 rings (SSSR count). The topological polar surface area (TPSA) is 0 Å². The van der Waals surface area contributed by atoms with E-state index in [1.165, 1.54) is 25.7 Å². The van der Waals surface area contributed by atoms with Crippen LogP contribution in [-0.2, 0) is 0 Å². The van der Waals surface area contributed by atoms with E-state index in [2.05, 4.69) is 45.9 Å². The first-order chi connectivity index (χ1) is 6.83. The highest BCUT2D eigenvalue weighted by atomic mass is 14.3. The second kappa shape index (κ2) is 4.59. The van der Waals surface area contributed by atoms with Gasteiger partial charge in [-0.1, -0.05) is 56.8 Å². The highest BCUT2D eigenvalue weighted by Crippen LogP contribution is 2.46. The fraction of sp³-hybridized carbons (Fsp3) is 0.714. The van der Waals surface area contributed by atoms with Crippen LogP contribution in [0.3, 0.4) is 0 Å². The Hall–Kier alpha value is -0.455. The van der Waals surface area contributed by atoms with Gasteiger partial charge in [0.2, 0.25) is 0 Å². The van der Waals surface area contributed by atoms with E-state index in [1.54, 1.807) is 5.57 Å². The van der Waals surface area contributed by atoms with Gasteiger partial charge in [-0.2, -0.15) is 0 Å². The molecular weight excluding hydrogens is 179 g/mol. The minimum atomic E-state index is -0.0991. The van der Waals surface area contributed by atoms with E-state index in [1.807, 2.05) is 0 Å². The van der Waals surface area contributed by atoms with Crippen molar-refractivity contribution in [2.45, 2.75) is 58.7 Å². The van der Waals surface area contributed by atoms with Crippen LogP contribution in [0.1, 0.15) is 53.4 Å². The Bertz CT molecular complexity index is 264. The standard InChI is InChI=1S/C14H23B/c1-13(2,14(3,4)15)11-10-12-8-6-5-7-9-12/h5-6,8H,7,9-11H2,1-4H3. The Labute approximate surface area is 96.3 Å². The normalized spacial score (nSPS) is 17.7. The SMILES string of the molecule is [B]C(C)(C)C(C)(C)CCC1=CC=CCC1. The number of rotatable bonds is 4. The van der Waals surface area contributed by atoms with Crippen LogP contribution < -0.4 is 0 Å². The van der Waals surface area contributed by atoms with Crippen molar-refractivity contribution in [3.05, 3.63) is 23.8 Å². The minimum Gasteiger partial charge on any atom is -0.0842 e. The summed E-state index contributed by atoms with van der Waals surface area (Å²) in [5.41, 5.74) is 1.78. The fourth-order valence-electron chi connectivity index (χ4n) is 1.66. The Balaban J connectivity index is 2.49. The van der Waals surface area contributed by atoms with E-state index in [9.17, 15) is 0 Å². The molecule has 0 aliphatic heterocycles. The Morgan fingerprint density at radius 1 is 1.27 bits per heavy atom. The second-order valence-electron chi connectivity index (χ2n) is 5.90. The summed E-state index contributed by atoms with van der Waals surface area (Å²) in [7, 11) is 6.20. The summed E-state index contributed by atoms with van der Waals surface area (Å²) in [5.74, 6) is 0. The molecule has 0 heterocycles. The van der Waals surface area contributed by atoms with Crippen LogP contribution in [0.5, 0.6) is 0 Å². The van der Waals surface area contributed by atoms with Gasteiger partial charge >= 0.3 is 0 Å². The summed E-state index contributed by atoms with van der Waals surface area (Å²) in [6.07, 6.45) is 11.5. The molecule has 0 aromatic rings. The first kappa shape index (κ1) is 12.6. The van der Waals surface area contributed by atoms with E-state index >= 15 is 0 Å². The predicted octanol–water partition coefficient (Wildman–Crippen LogP) is 4.44. The van der Waals surface area contributed by atoms with E-state index in [-0.39, 0.29) is 10.7 Å². The van der Waals surface area contributed by atoms with Gasteiger partial charge in [0.15, 0.2) is 0 Å². The Morgan fingerprint density at radius 3 is 2.40 bits per heavy atom. The van der Waals surface area contributed by atoms with Gasteiger partial charge in [0, 0.05) is 0 Å². The van der Waals surface area contributed by atoms with Crippen LogP contribution in [0, 0.1) is 5.41 Å². The zero-order valence-electron chi connectivity index (χ0n) is 10.6. The van der Waals surface area contributed by atoms with Crippen molar-refractivity contribution >= 4 is 7.85 Å². The maximum absolute atomic E-state index is 6.20. The molecule has 0 spiro atoms. The second-order valence-corrected chi connectivity index (χ2v) is 5.90. The van der Waals surface area contributed by atoms with Gasteiger partial charge < -0.3 is 0 Å². The summed E-state index contributed by atoms with van der Waals surface area (Å²) < 4.78 is 0. The molecule has 1 aliphatic carbocycles. The van der Waals surface area contributed by atoms with Crippen molar-refractivity contribution in [3.63, 3.8) is 0 Å². The average Bonchev–Trinajstić information content (AvgIpc) is 2.15. The number of hydrogen-bond donors (Lipinski definition) is 0. The minimum absolute atomic E-state index is 0.0991. The van der Waals surface area contributed by atoms with E-state index < -0.39 is 0 Å². The molecule has 0 saturated heterocycles. The molecule has 0 atom stereocenters. The molecule has 82 valence electrons. The van der Waals surface area contributed by atoms with E-state index in [4.69, 9.17) is 7.85 Å². The van der Waals surface area contributed by atoms with Crippen LogP contribution >= 0.6 is 0 Å². The first-order valence-electron chi connectivity index (χ1n) is 5.96. The zero-order valence-corrected chi connectivity index (χ0v) is 10.6. The third-order valence-electron chi connectivity index (χ3n) is 3.92. The monoisotopic (exact) mass is 202 g/mol. The van der Waals surface area contributed by atoms with Gasteiger partial charge in [0.25, 0.3) is 0 Å². The highest BCUT2D eigenvalue weighted by molar-refractivity contribution is 6.15. The molecule has 2 radical (unpaired) electrons. The third-order valence-corrected chi connectivity index (χ3v) is 3.92. The van der Waals surface area contributed by atoms with Crippen molar-refractivity contribution < 1.29 is 0 Å². The first-order valence-corrected chi connectivity index (χ1v) is 5.96. The highest BCUT2D eigenvalue weighted by Gasteiger charge is 2.31. The molecule has 0 amide bonds. The molecule has 15 heavy (non-hydrogen) atoms. The third kappa shape index (κ3) is 3.55. The molecule has 0 nitrogen and oxygen atoms in total. The van der Waals surface area contributed by atoms with Gasteiger partial charge in [0.1, 0.15) is 0 Å². The van der Waals surface area contributed by atoms with E-state index in [0.29, 0.717) is 0 Å². The summed E-state index contributed by atoms with van der Waals surface area (Å²) in [5, 5.41) is -0.0991. The van der Waals surface area contributed by atoms with Crippen LogP contribution in [0.4, 0.5) is 0 Å². The molecule has 0 aromatic carbocycles. The molecule has 1 heteroatoms. The quantitative estimate of drug-likeness (QED) is 0.591. The number of hydrogen-bond acceptors (Lipinski definition) is 0. The predicted molar refractivity (Wildman–Crippen MR) is 69.3 cm³/mol. The lowest BCUT2D eigenvalue weighted by Gasteiger charge is -2.40. The molecule has 0 saturated carbocycles. The largest absolute Gasteiger partial charge is 0.0842 e. The van der Waals surface area contributed by atoms with Gasteiger partial charge in [-0.05, 0) is 31.1 Å². The molecular formula is C14H23B. The van der Waals surface area contributed by atoms with Crippen molar-refractivity contribution in [3.8, 4) is 0 Å². The molecule has 0 fully saturated rings. The lowest BCUT2D eigenvalue weighted by Crippen LogP contribution is -2.26. The number of allylic oxidation sites excluding steroid dienone is 4. The smallest absolute Gasteiger partial charge is 0.0746 e. The van der Waals surface area contributed by atoms with Crippen LogP contribution in [-0.4, -0.2) is 7.85 Å². The van der Waals surface area contributed by atoms with Crippen LogP contribution in [0.25, 0.3) is 0 Å². The van der Waals surface area contributed by atoms with Gasteiger partial charge in [0.05, 0.1) is 7.85 Å². The van der Waals surface area contributed by atoms with Gasteiger partial charge in [-0.3, -0.25) is 0 Å². The Kier molecular flexibility index (Phi) is 3.86. The lowest BCUT2D eigenvalue weighted by atomic mass is 9.54. The summed E-state index contributed by atoms with van der Waals surface area (Å²) in [6.45, 7) is 8.79. The molecule has 1 aliphatic rings. The molecule has 0 unspecified atom stereocenters. The maximum atomic E-state index is 6.20. The summed E-state index contributed by atoms with van der Waals surface area (Å²) in [6, 6.07) is 0. The van der Waals surface area contributed by atoms with Crippen LogP contribution in [0.15, 0.2) is 23.8 Å². The Morgan fingerprint density at radius 2 is 1.93 bits per heavy atom.